The van der Waals surface area contributed by atoms with Gasteiger partial charge in [0.05, 0.1) is 0 Å². The first-order chi connectivity index (χ1) is 10.0. The Kier molecular flexibility index (Phi) is 5.19. The van der Waals surface area contributed by atoms with Crippen molar-refractivity contribution >= 4 is 0 Å². The lowest BCUT2D eigenvalue weighted by atomic mass is 9.89. The van der Waals surface area contributed by atoms with Crippen LogP contribution in [0.25, 0.3) is 0 Å². The van der Waals surface area contributed by atoms with Gasteiger partial charge in [-0.25, -0.2) is 0 Å². The molecule has 2 aromatic rings. The molecule has 1 nitrogen and oxygen atoms in total. The van der Waals surface area contributed by atoms with Crippen LogP contribution in [0.15, 0.2) is 42.5 Å². The largest absolute Gasteiger partial charge is 0.330 e. The van der Waals surface area contributed by atoms with Crippen LogP contribution in [-0.4, -0.2) is 6.54 Å². The standard InChI is InChI=1S/C20H27N/c1-14(2)18-9-6-17(7-10-18)12-20(13-21)19-8-5-15(3)16(4)11-19/h5-11,14,20H,12-13,21H2,1-4H3. The number of hydrogen-bond acceptors (Lipinski definition) is 1. The van der Waals surface area contributed by atoms with Gasteiger partial charge in [-0.15, -0.1) is 0 Å². The molecule has 0 radical (unpaired) electrons. The first kappa shape index (κ1) is 15.8. The highest BCUT2D eigenvalue weighted by molar-refractivity contribution is 5.34. The third-order valence-corrected chi connectivity index (χ3v) is 4.42. The lowest BCUT2D eigenvalue weighted by Crippen LogP contribution is -2.15. The van der Waals surface area contributed by atoms with Gasteiger partial charge in [0.25, 0.3) is 0 Å². The lowest BCUT2D eigenvalue weighted by molar-refractivity contribution is 0.693. The monoisotopic (exact) mass is 281 g/mol. The Morgan fingerprint density at radius 1 is 0.857 bits per heavy atom. The number of nitrogens with two attached hydrogens (primary N) is 1. The summed E-state index contributed by atoms with van der Waals surface area (Å²) in [6.07, 6.45) is 1.01. The summed E-state index contributed by atoms with van der Waals surface area (Å²) < 4.78 is 0. The molecule has 112 valence electrons. The molecule has 0 spiro atoms. The second-order valence-electron chi connectivity index (χ2n) is 6.38. The summed E-state index contributed by atoms with van der Waals surface area (Å²) in [5.74, 6) is 0.985. The smallest absolute Gasteiger partial charge is 0.000167 e. The van der Waals surface area contributed by atoms with Crippen molar-refractivity contribution in [2.45, 2.75) is 46.0 Å². The second kappa shape index (κ2) is 6.91. The van der Waals surface area contributed by atoms with E-state index < -0.39 is 0 Å². The highest BCUT2D eigenvalue weighted by Crippen LogP contribution is 2.23. The van der Waals surface area contributed by atoms with Gasteiger partial charge in [0.2, 0.25) is 0 Å². The molecule has 0 saturated carbocycles. The maximum absolute atomic E-state index is 6.02. The Labute approximate surface area is 129 Å². The zero-order chi connectivity index (χ0) is 15.4. The van der Waals surface area contributed by atoms with E-state index in [1.165, 1.54) is 27.8 Å². The zero-order valence-electron chi connectivity index (χ0n) is 13.7. The van der Waals surface area contributed by atoms with Gasteiger partial charge in [-0.2, -0.15) is 0 Å². The van der Waals surface area contributed by atoms with Gasteiger partial charge in [-0.3, -0.25) is 0 Å². The molecule has 0 bridgehead atoms. The molecular weight excluding hydrogens is 254 g/mol. The summed E-state index contributed by atoms with van der Waals surface area (Å²) in [5.41, 5.74) is 12.8. The van der Waals surface area contributed by atoms with E-state index >= 15 is 0 Å². The summed E-state index contributed by atoms with van der Waals surface area (Å²) in [6.45, 7) is 9.47. The summed E-state index contributed by atoms with van der Waals surface area (Å²) in [4.78, 5) is 0. The first-order valence-electron chi connectivity index (χ1n) is 7.87. The summed E-state index contributed by atoms with van der Waals surface area (Å²) in [6, 6.07) is 15.7. The Bertz CT molecular complexity index is 581. The third-order valence-electron chi connectivity index (χ3n) is 4.42. The predicted octanol–water partition coefficient (Wildman–Crippen LogP) is 4.71. The average Bonchev–Trinajstić information content (AvgIpc) is 2.48. The Balaban J connectivity index is 2.16. The molecule has 2 rings (SSSR count). The molecular formula is C20H27N. The predicted molar refractivity (Wildman–Crippen MR) is 91.9 cm³/mol. The molecule has 1 unspecified atom stereocenters. The zero-order valence-corrected chi connectivity index (χ0v) is 13.7. The minimum Gasteiger partial charge on any atom is -0.330 e. The van der Waals surface area contributed by atoms with Gasteiger partial charge in [-0.05, 0) is 60.5 Å². The van der Waals surface area contributed by atoms with Crippen LogP contribution < -0.4 is 5.73 Å². The highest BCUT2D eigenvalue weighted by Gasteiger charge is 2.12. The third kappa shape index (κ3) is 3.95. The van der Waals surface area contributed by atoms with Crippen molar-refractivity contribution < 1.29 is 0 Å². The fraction of sp³-hybridized carbons (Fsp3) is 0.400. The molecule has 2 N–H and O–H groups in total. The molecule has 0 aliphatic heterocycles. The van der Waals surface area contributed by atoms with Crippen LogP contribution >= 0.6 is 0 Å². The maximum Gasteiger partial charge on any atom is 0.000167 e. The topological polar surface area (TPSA) is 26.0 Å². The van der Waals surface area contributed by atoms with Gasteiger partial charge < -0.3 is 5.73 Å². The fourth-order valence-electron chi connectivity index (χ4n) is 2.68. The molecule has 0 aliphatic rings. The van der Waals surface area contributed by atoms with Crippen molar-refractivity contribution in [2.75, 3.05) is 6.54 Å². The van der Waals surface area contributed by atoms with Crippen molar-refractivity contribution in [1.82, 2.24) is 0 Å². The van der Waals surface area contributed by atoms with Gasteiger partial charge >= 0.3 is 0 Å². The quantitative estimate of drug-likeness (QED) is 0.843. The molecule has 1 heteroatoms. The summed E-state index contributed by atoms with van der Waals surface area (Å²) >= 11 is 0. The lowest BCUT2D eigenvalue weighted by Gasteiger charge is -2.17. The number of rotatable bonds is 5. The van der Waals surface area contributed by atoms with E-state index in [9.17, 15) is 0 Å². The van der Waals surface area contributed by atoms with Gasteiger partial charge in [0.15, 0.2) is 0 Å². The van der Waals surface area contributed by atoms with E-state index in [1.54, 1.807) is 0 Å². The van der Waals surface area contributed by atoms with Crippen molar-refractivity contribution in [3.8, 4) is 0 Å². The van der Waals surface area contributed by atoms with E-state index in [0.29, 0.717) is 18.4 Å². The van der Waals surface area contributed by atoms with Crippen molar-refractivity contribution in [1.29, 1.82) is 0 Å². The Morgan fingerprint density at radius 2 is 1.48 bits per heavy atom. The molecule has 0 fully saturated rings. The first-order valence-corrected chi connectivity index (χ1v) is 7.87. The van der Waals surface area contributed by atoms with Crippen LogP contribution in [0.3, 0.4) is 0 Å². The molecule has 0 aromatic heterocycles. The molecule has 0 saturated heterocycles. The number of hydrogen-bond donors (Lipinski definition) is 1. The molecule has 0 aliphatic carbocycles. The maximum atomic E-state index is 6.02. The SMILES string of the molecule is Cc1ccc(C(CN)Cc2ccc(C(C)C)cc2)cc1C. The highest BCUT2D eigenvalue weighted by atomic mass is 14.5. The number of aryl methyl sites for hydroxylation is 2. The molecule has 1 atom stereocenters. The Morgan fingerprint density at radius 3 is 2.00 bits per heavy atom. The molecule has 0 heterocycles. The van der Waals surface area contributed by atoms with E-state index in [2.05, 4.69) is 70.2 Å². The van der Waals surface area contributed by atoms with Crippen LogP contribution in [0.5, 0.6) is 0 Å². The van der Waals surface area contributed by atoms with E-state index in [0.717, 1.165) is 6.42 Å². The van der Waals surface area contributed by atoms with Crippen LogP contribution in [0.1, 0.15) is 53.5 Å². The van der Waals surface area contributed by atoms with E-state index in [4.69, 9.17) is 5.73 Å². The van der Waals surface area contributed by atoms with E-state index in [-0.39, 0.29) is 0 Å². The summed E-state index contributed by atoms with van der Waals surface area (Å²) in [7, 11) is 0. The van der Waals surface area contributed by atoms with Crippen LogP contribution in [0.2, 0.25) is 0 Å². The van der Waals surface area contributed by atoms with Crippen molar-refractivity contribution in [3.63, 3.8) is 0 Å². The summed E-state index contributed by atoms with van der Waals surface area (Å²) in [5, 5.41) is 0. The number of benzene rings is 2. The normalized spacial score (nSPS) is 12.7. The van der Waals surface area contributed by atoms with Crippen LogP contribution in [0.4, 0.5) is 0 Å². The average molecular weight is 281 g/mol. The minimum atomic E-state index is 0.397. The van der Waals surface area contributed by atoms with Crippen molar-refractivity contribution in [2.24, 2.45) is 5.73 Å². The van der Waals surface area contributed by atoms with Gasteiger partial charge in [0.1, 0.15) is 0 Å². The minimum absolute atomic E-state index is 0.397. The Hall–Kier alpha value is -1.60. The van der Waals surface area contributed by atoms with Crippen LogP contribution in [-0.2, 0) is 6.42 Å². The molecule has 21 heavy (non-hydrogen) atoms. The molecule has 0 amide bonds. The van der Waals surface area contributed by atoms with E-state index in [1.807, 2.05) is 0 Å². The van der Waals surface area contributed by atoms with Crippen molar-refractivity contribution in [3.05, 3.63) is 70.3 Å². The molecule has 2 aromatic carbocycles. The fourth-order valence-corrected chi connectivity index (χ4v) is 2.68. The van der Waals surface area contributed by atoms with Gasteiger partial charge in [-0.1, -0.05) is 56.3 Å². The second-order valence-corrected chi connectivity index (χ2v) is 6.38. The van der Waals surface area contributed by atoms with Gasteiger partial charge in [0, 0.05) is 5.92 Å². The van der Waals surface area contributed by atoms with Crippen LogP contribution in [0, 0.1) is 13.8 Å².